The van der Waals surface area contributed by atoms with Crippen LogP contribution in [-0.2, 0) is 4.74 Å². The first-order valence-corrected chi connectivity index (χ1v) is 7.88. The first-order chi connectivity index (χ1) is 8.99. The van der Waals surface area contributed by atoms with E-state index in [1.807, 2.05) is 13.8 Å². The van der Waals surface area contributed by atoms with Gasteiger partial charge in [0.15, 0.2) is 5.78 Å². The Balaban J connectivity index is 2.04. The predicted molar refractivity (Wildman–Crippen MR) is 81.3 cm³/mol. The molecule has 19 heavy (non-hydrogen) atoms. The van der Waals surface area contributed by atoms with E-state index in [1.165, 1.54) is 5.56 Å². The molecule has 0 radical (unpaired) electrons. The number of thioether (sulfide) groups is 1. The van der Waals surface area contributed by atoms with Gasteiger partial charge < -0.3 is 4.74 Å². The molecule has 1 aliphatic heterocycles. The molecule has 104 valence electrons. The molecule has 1 aromatic rings. The first kappa shape index (κ1) is 14.6. The van der Waals surface area contributed by atoms with Crippen molar-refractivity contribution in [3.05, 3.63) is 34.4 Å². The fourth-order valence-corrected chi connectivity index (χ4v) is 3.93. The number of rotatable bonds is 4. The quantitative estimate of drug-likeness (QED) is 0.785. The molecule has 0 N–H and O–H groups in total. The van der Waals surface area contributed by atoms with Crippen LogP contribution in [0.25, 0.3) is 0 Å². The predicted octanol–water partition coefficient (Wildman–Crippen LogP) is 3.71. The van der Waals surface area contributed by atoms with E-state index < -0.39 is 0 Å². The molecular formula is C16H22O2S. The van der Waals surface area contributed by atoms with Crippen molar-refractivity contribution >= 4 is 17.5 Å². The zero-order valence-corrected chi connectivity index (χ0v) is 13.0. The van der Waals surface area contributed by atoms with Crippen molar-refractivity contribution in [1.82, 2.24) is 0 Å². The number of ketones is 1. The van der Waals surface area contributed by atoms with Crippen molar-refractivity contribution in [3.8, 4) is 0 Å². The Hall–Kier alpha value is -0.800. The second-order valence-corrected chi connectivity index (χ2v) is 6.64. The molecule has 0 amide bonds. The Labute approximate surface area is 119 Å². The monoisotopic (exact) mass is 278 g/mol. The van der Waals surface area contributed by atoms with Gasteiger partial charge in [-0.3, -0.25) is 4.79 Å². The normalized spacial score (nSPS) is 22.7. The molecular weight excluding hydrogens is 256 g/mol. The third kappa shape index (κ3) is 3.40. The highest BCUT2D eigenvalue weighted by Crippen LogP contribution is 2.27. The van der Waals surface area contributed by atoms with Gasteiger partial charge in [-0.05, 0) is 45.2 Å². The third-order valence-electron chi connectivity index (χ3n) is 3.69. The van der Waals surface area contributed by atoms with Crippen molar-refractivity contribution < 1.29 is 9.53 Å². The van der Waals surface area contributed by atoms with Gasteiger partial charge in [-0.25, -0.2) is 0 Å². The number of Topliss-reactive ketones (excluding diaryl/α,β-unsaturated/α-hetero) is 1. The summed E-state index contributed by atoms with van der Waals surface area (Å²) in [5, 5.41) is 0.468. The zero-order chi connectivity index (χ0) is 14.0. The second kappa shape index (κ2) is 6.10. The van der Waals surface area contributed by atoms with Crippen LogP contribution in [0, 0.1) is 20.8 Å². The van der Waals surface area contributed by atoms with E-state index in [1.54, 1.807) is 11.8 Å². The average Bonchev–Trinajstić information content (AvgIpc) is 2.70. The molecule has 0 aromatic heterocycles. The summed E-state index contributed by atoms with van der Waals surface area (Å²) < 4.78 is 5.53. The van der Waals surface area contributed by atoms with Gasteiger partial charge in [0.25, 0.3) is 0 Å². The summed E-state index contributed by atoms with van der Waals surface area (Å²) >= 11 is 1.74. The number of hydrogen-bond acceptors (Lipinski definition) is 3. The molecule has 1 fully saturated rings. The van der Waals surface area contributed by atoms with E-state index in [0.717, 1.165) is 29.7 Å². The molecule has 0 saturated carbocycles. The van der Waals surface area contributed by atoms with Crippen LogP contribution in [0.15, 0.2) is 12.1 Å². The molecule has 1 heterocycles. The number of hydrogen-bond donors (Lipinski definition) is 0. The summed E-state index contributed by atoms with van der Waals surface area (Å²) in [5.74, 6) is 0.808. The Morgan fingerprint density at radius 3 is 2.47 bits per heavy atom. The molecule has 2 rings (SSSR count). The first-order valence-electron chi connectivity index (χ1n) is 6.83. The molecule has 0 spiro atoms. The van der Waals surface area contributed by atoms with Gasteiger partial charge >= 0.3 is 0 Å². The Morgan fingerprint density at radius 1 is 1.32 bits per heavy atom. The highest BCUT2D eigenvalue weighted by Gasteiger charge is 2.25. The van der Waals surface area contributed by atoms with Gasteiger partial charge in [0, 0.05) is 17.4 Å². The fraction of sp³-hybridized carbons (Fsp3) is 0.562. The summed E-state index contributed by atoms with van der Waals surface area (Å²) in [7, 11) is 0. The van der Waals surface area contributed by atoms with E-state index >= 15 is 0 Å². The van der Waals surface area contributed by atoms with E-state index in [-0.39, 0.29) is 11.9 Å². The van der Waals surface area contributed by atoms with Crippen LogP contribution in [0.4, 0.5) is 0 Å². The zero-order valence-electron chi connectivity index (χ0n) is 12.2. The minimum atomic E-state index is 0.249. The minimum absolute atomic E-state index is 0.249. The lowest BCUT2D eigenvalue weighted by atomic mass is 9.97. The van der Waals surface area contributed by atoms with Crippen LogP contribution in [-0.4, -0.2) is 29.5 Å². The molecule has 2 atom stereocenters. The van der Waals surface area contributed by atoms with E-state index in [2.05, 4.69) is 26.0 Å². The van der Waals surface area contributed by atoms with Crippen molar-refractivity contribution in [2.75, 3.05) is 12.4 Å². The molecule has 1 aromatic carbocycles. The maximum Gasteiger partial charge on any atom is 0.173 e. The molecule has 0 aliphatic carbocycles. The number of aryl methyl sites for hydroxylation is 3. The summed E-state index contributed by atoms with van der Waals surface area (Å²) in [6, 6.07) is 4.18. The smallest absolute Gasteiger partial charge is 0.173 e. The third-order valence-corrected chi connectivity index (χ3v) is 5.17. The van der Waals surface area contributed by atoms with E-state index in [0.29, 0.717) is 11.0 Å². The van der Waals surface area contributed by atoms with Gasteiger partial charge in [0.2, 0.25) is 0 Å². The second-order valence-electron chi connectivity index (χ2n) is 5.41. The topological polar surface area (TPSA) is 26.3 Å². The maximum atomic E-state index is 12.4. The van der Waals surface area contributed by atoms with Crippen molar-refractivity contribution in [1.29, 1.82) is 0 Å². The van der Waals surface area contributed by atoms with Gasteiger partial charge in [-0.1, -0.05) is 17.7 Å². The summed E-state index contributed by atoms with van der Waals surface area (Å²) in [5.41, 5.74) is 4.32. The fourth-order valence-electron chi connectivity index (χ4n) is 2.81. The van der Waals surface area contributed by atoms with Crippen LogP contribution < -0.4 is 0 Å². The molecule has 3 heteroatoms. The number of ether oxygens (including phenoxy) is 1. The summed E-state index contributed by atoms with van der Waals surface area (Å²) in [4.78, 5) is 12.4. The molecule has 1 aliphatic rings. The van der Waals surface area contributed by atoms with E-state index in [4.69, 9.17) is 4.74 Å². The molecule has 1 saturated heterocycles. The number of carbonyl (C=O) groups excluding carboxylic acids is 1. The highest BCUT2D eigenvalue weighted by atomic mass is 32.2. The lowest BCUT2D eigenvalue weighted by Crippen LogP contribution is -2.17. The average molecular weight is 278 g/mol. The number of benzene rings is 1. The van der Waals surface area contributed by atoms with Crippen molar-refractivity contribution in [3.63, 3.8) is 0 Å². The van der Waals surface area contributed by atoms with Gasteiger partial charge in [0.1, 0.15) is 0 Å². The van der Waals surface area contributed by atoms with Crippen LogP contribution in [0.2, 0.25) is 0 Å². The number of carbonyl (C=O) groups is 1. The Kier molecular flexibility index (Phi) is 4.69. The Morgan fingerprint density at radius 2 is 1.95 bits per heavy atom. The maximum absolute atomic E-state index is 12.4. The van der Waals surface area contributed by atoms with Crippen LogP contribution >= 0.6 is 11.8 Å². The molecule has 0 bridgehead atoms. The standard InChI is InChI=1S/C16H22O2S/c1-10-7-11(2)16(12(3)8-10)14(17)9-19-15-5-6-18-13(15)4/h7-8,13,15H,5-6,9H2,1-4H3. The van der Waals surface area contributed by atoms with Gasteiger partial charge in [-0.2, -0.15) is 0 Å². The van der Waals surface area contributed by atoms with Crippen molar-refractivity contribution in [2.45, 2.75) is 45.5 Å². The molecule has 2 unspecified atom stereocenters. The summed E-state index contributed by atoms with van der Waals surface area (Å²) in [6.45, 7) is 9.05. The Bertz CT molecular complexity index is 459. The largest absolute Gasteiger partial charge is 0.377 e. The van der Waals surface area contributed by atoms with Gasteiger partial charge in [0.05, 0.1) is 11.9 Å². The van der Waals surface area contributed by atoms with Crippen molar-refractivity contribution in [2.24, 2.45) is 0 Å². The van der Waals surface area contributed by atoms with Crippen LogP contribution in [0.3, 0.4) is 0 Å². The SMILES string of the molecule is Cc1cc(C)c(C(=O)CSC2CCOC2C)c(C)c1. The lowest BCUT2D eigenvalue weighted by molar-refractivity contribution is 0.102. The van der Waals surface area contributed by atoms with Gasteiger partial charge in [-0.15, -0.1) is 11.8 Å². The van der Waals surface area contributed by atoms with E-state index in [9.17, 15) is 4.79 Å². The molecule has 2 nitrogen and oxygen atoms in total. The highest BCUT2D eigenvalue weighted by molar-refractivity contribution is 8.00. The van der Waals surface area contributed by atoms with Crippen LogP contribution in [0.1, 0.15) is 40.4 Å². The minimum Gasteiger partial charge on any atom is -0.377 e. The lowest BCUT2D eigenvalue weighted by Gasteiger charge is -2.14. The van der Waals surface area contributed by atoms with Crippen LogP contribution in [0.5, 0.6) is 0 Å². The summed E-state index contributed by atoms with van der Waals surface area (Å²) in [6.07, 6.45) is 1.34.